The molecule has 0 spiro atoms. The van der Waals surface area contributed by atoms with Crippen LogP contribution in [0.5, 0.6) is 5.75 Å². The Labute approximate surface area is 140 Å². The van der Waals surface area contributed by atoms with E-state index in [0.717, 1.165) is 27.7 Å². The van der Waals surface area contributed by atoms with Crippen molar-refractivity contribution in [2.24, 2.45) is 5.92 Å². The molecule has 1 aromatic carbocycles. The Morgan fingerprint density at radius 3 is 2.96 bits per heavy atom. The summed E-state index contributed by atoms with van der Waals surface area (Å²) < 4.78 is 5.74. The molecule has 1 atom stereocenters. The molecule has 1 aromatic heterocycles. The van der Waals surface area contributed by atoms with Crippen LogP contribution >= 0.6 is 11.3 Å². The summed E-state index contributed by atoms with van der Waals surface area (Å²) in [6.45, 7) is 5.72. The largest absolute Gasteiger partial charge is 0.493 e. The van der Waals surface area contributed by atoms with Crippen molar-refractivity contribution in [3.63, 3.8) is 0 Å². The highest BCUT2D eigenvalue weighted by molar-refractivity contribution is 7.11. The van der Waals surface area contributed by atoms with Crippen LogP contribution in [0.3, 0.4) is 0 Å². The molecule has 2 amide bonds. The van der Waals surface area contributed by atoms with E-state index < -0.39 is 0 Å². The fourth-order valence-electron chi connectivity index (χ4n) is 2.72. The summed E-state index contributed by atoms with van der Waals surface area (Å²) in [5.41, 5.74) is 2.20. The SMILES string of the molecule is Cc1nc(C)c(CNC(=O)NCC2COc3ccccc3C2)s1. The van der Waals surface area contributed by atoms with Gasteiger partial charge in [-0.05, 0) is 31.9 Å². The number of fused-ring (bicyclic) bond motifs is 1. The molecule has 3 rings (SSSR count). The maximum absolute atomic E-state index is 11.9. The van der Waals surface area contributed by atoms with E-state index in [9.17, 15) is 4.79 Å². The molecule has 122 valence electrons. The van der Waals surface area contributed by atoms with Gasteiger partial charge < -0.3 is 15.4 Å². The number of aromatic nitrogens is 1. The van der Waals surface area contributed by atoms with Crippen LogP contribution in [0.1, 0.15) is 21.1 Å². The van der Waals surface area contributed by atoms with Crippen LogP contribution in [0.15, 0.2) is 24.3 Å². The van der Waals surface area contributed by atoms with Gasteiger partial charge in [-0.15, -0.1) is 11.3 Å². The lowest BCUT2D eigenvalue weighted by Gasteiger charge is -2.25. The summed E-state index contributed by atoms with van der Waals surface area (Å²) >= 11 is 1.62. The summed E-state index contributed by atoms with van der Waals surface area (Å²) in [6, 6.07) is 7.92. The minimum Gasteiger partial charge on any atom is -0.493 e. The topological polar surface area (TPSA) is 63.2 Å². The minimum atomic E-state index is -0.144. The van der Waals surface area contributed by atoms with E-state index in [1.807, 2.05) is 32.0 Å². The Balaban J connectivity index is 1.44. The van der Waals surface area contributed by atoms with Crippen molar-refractivity contribution in [3.05, 3.63) is 45.4 Å². The summed E-state index contributed by atoms with van der Waals surface area (Å²) in [5.74, 6) is 1.27. The molecule has 2 heterocycles. The van der Waals surface area contributed by atoms with Crippen molar-refractivity contribution in [1.29, 1.82) is 0 Å². The van der Waals surface area contributed by atoms with Gasteiger partial charge in [0.05, 0.1) is 23.9 Å². The zero-order valence-electron chi connectivity index (χ0n) is 13.4. The summed E-state index contributed by atoms with van der Waals surface area (Å²) in [7, 11) is 0. The molecule has 1 aliphatic heterocycles. The van der Waals surface area contributed by atoms with Crippen LogP contribution in [-0.2, 0) is 13.0 Å². The predicted molar refractivity (Wildman–Crippen MR) is 91.0 cm³/mol. The third kappa shape index (κ3) is 4.01. The summed E-state index contributed by atoms with van der Waals surface area (Å²) in [6.07, 6.45) is 0.934. The van der Waals surface area contributed by atoms with E-state index in [1.165, 1.54) is 5.56 Å². The standard InChI is InChI=1S/C17H21N3O2S/c1-11-16(23-12(2)20-11)9-19-17(21)18-8-13-7-14-5-3-4-6-15(14)22-10-13/h3-6,13H,7-10H2,1-2H3,(H2,18,19,21). The fourth-order valence-corrected chi connectivity index (χ4v) is 3.60. The Hall–Kier alpha value is -2.08. The highest BCUT2D eigenvalue weighted by atomic mass is 32.1. The number of hydrogen-bond donors (Lipinski definition) is 2. The number of nitrogens with zero attached hydrogens (tertiary/aromatic N) is 1. The number of urea groups is 1. The Morgan fingerprint density at radius 2 is 2.17 bits per heavy atom. The van der Waals surface area contributed by atoms with Crippen molar-refractivity contribution in [1.82, 2.24) is 15.6 Å². The number of rotatable bonds is 4. The van der Waals surface area contributed by atoms with E-state index in [0.29, 0.717) is 25.6 Å². The molecule has 1 unspecified atom stereocenters. The first-order chi connectivity index (χ1) is 11.1. The third-order valence-electron chi connectivity index (χ3n) is 3.92. The van der Waals surface area contributed by atoms with Gasteiger partial charge >= 0.3 is 6.03 Å². The summed E-state index contributed by atoms with van der Waals surface area (Å²) in [4.78, 5) is 17.4. The lowest BCUT2D eigenvalue weighted by molar-refractivity contribution is 0.211. The van der Waals surface area contributed by atoms with Crippen molar-refractivity contribution in [2.45, 2.75) is 26.8 Å². The van der Waals surface area contributed by atoms with E-state index in [2.05, 4.69) is 21.7 Å². The number of carbonyl (C=O) groups excluding carboxylic acids is 1. The van der Waals surface area contributed by atoms with E-state index in [4.69, 9.17) is 4.74 Å². The van der Waals surface area contributed by atoms with Gasteiger partial charge in [0.15, 0.2) is 0 Å². The predicted octanol–water partition coefficient (Wildman–Crippen LogP) is 2.81. The molecule has 0 fully saturated rings. The lowest BCUT2D eigenvalue weighted by Crippen LogP contribution is -2.40. The Kier molecular flexibility index (Phi) is 4.81. The molecular formula is C17H21N3O2S. The molecule has 1 aliphatic rings. The highest BCUT2D eigenvalue weighted by Crippen LogP contribution is 2.26. The zero-order chi connectivity index (χ0) is 16.2. The number of nitrogens with one attached hydrogen (secondary N) is 2. The molecule has 2 N–H and O–H groups in total. The third-order valence-corrected chi connectivity index (χ3v) is 4.99. The van der Waals surface area contributed by atoms with Crippen molar-refractivity contribution in [2.75, 3.05) is 13.2 Å². The van der Waals surface area contributed by atoms with E-state index >= 15 is 0 Å². The van der Waals surface area contributed by atoms with Gasteiger partial charge in [-0.2, -0.15) is 0 Å². The van der Waals surface area contributed by atoms with E-state index in [-0.39, 0.29) is 6.03 Å². The quantitative estimate of drug-likeness (QED) is 0.905. The molecule has 23 heavy (non-hydrogen) atoms. The van der Waals surface area contributed by atoms with Crippen LogP contribution in [0.2, 0.25) is 0 Å². The number of benzene rings is 1. The maximum Gasteiger partial charge on any atom is 0.315 e. The van der Waals surface area contributed by atoms with E-state index in [1.54, 1.807) is 11.3 Å². The molecule has 0 radical (unpaired) electrons. The fraction of sp³-hybridized carbons (Fsp3) is 0.412. The lowest BCUT2D eigenvalue weighted by atomic mass is 9.97. The number of amides is 2. The first-order valence-corrected chi connectivity index (χ1v) is 8.59. The molecule has 6 heteroatoms. The molecule has 0 bridgehead atoms. The zero-order valence-corrected chi connectivity index (χ0v) is 14.2. The number of aryl methyl sites for hydroxylation is 2. The van der Waals surface area contributed by atoms with Gasteiger partial charge in [-0.1, -0.05) is 18.2 Å². The monoisotopic (exact) mass is 331 g/mol. The van der Waals surface area contributed by atoms with Crippen LogP contribution in [0, 0.1) is 19.8 Å². The number of para-hydroxylation sites is 1. The second kappa shape index (κ2) is 7.00. The van der Waals surface area contributed by atoms with Crippen molar-refractivity contribution in [3.8, 4) is 5.75 Å². The molecule has 0 saturated carbocycles. The normalized spacial score (nSPS) is 16.3. The van der Waals surface area contributed by atoms with Crippen LogP contribution in [-0.4, -0.2) is 24.2 Å². The maximum atomic E-state index is 11.9. The molecule has 2 aromatic rings. The average Bonchev–Trinajstić information content (AvgIpc) is 2.88. The molecular weight excluding hydrogens is 310 g/mol. The highest BCUT2D eigenvalue weighted by Gasteiger charge is 2.19. The Bertz CT molecular complexity index is 699. The van der Waals surface area contributed by atoms with Gasteiger partial charge in [0.25, 0.3) is 0 Å². The van der Waals surface area contributed by atoms with Gasteiger partial charge in [0, 0.05) is 17.3 Å². The molecule has 5 nitrogen and oxygen atoms in total. The van der Waals surface area contributed by atoms with Gasteiger partial charge in [0.1, 0.15) is 5.75 Å². The van der Waals surface area contributed by atoms with Crippen LogP contribution in [0.4, 0.5) is 4.79 Å². The second-order valence-corrected chi connectivity index (χ2v) is 7.08. The number of carbonyl (C=O) groups is 1. The Morgan fingerprint density at radius 1 is 1.35 bits per heavy atom. The first kappa shape index (κ1) is 15.8. The first-order valence-electron chi connectivity index (χ1n) is 7.77. The number of hydrogen-bond acceptors (Lipinski definition) is 4. The van der Waals surface area contributed by atoms with Crippen LogP contribution < -0.4 is 15.4 Å². The van der Waals surface area contributed by atoms with Crippen molar-refractivity contribution >= 4 is 17.4 Å². The van der Waals surface area contributed by atoms with Gasteiger partial charge in [-0.3, -0.25) is 0 Å². The van der Waals surface area contributed by atoms with Gasteiger partial charge in [-0.25, -0.2) is 9.78 Å². The number of ether oxygens (including phenoxy) is 1. The number of thiazole rings is 1. The van der Waals surface area contributed by atoms with Crippen LogP contribution in [0.25, 0.3) is 0 Å². The van der Waals surface area contributed by atoms with Crippen molar-refractivity contribution < 1.29 is 9.53 Å². The second-order valence-electron chi connectivity index (χ2n) is 5.79. The minimum absolute atomic E-state index is 0.144. The molecule has 0 saturated heterocycles. The molecule has 0 aliphatic carbocycles. The smallest absolute Gasteiger partial charge is 0.315 e. The summed E-state index contributed by atoms with van der Waals surface area (Å²) in [5, 5.41) is 6.85. The average molecular weight is 331 g/mol. The van der Waals surface area contributed by atoms with Gasteiger partial charge in [0.2, 0.25) is 0 Å².